The minimum atomic E-state index is -0.680. The molecule has 0 radical (unpaired) electrons. The van der Waals surface area contributed by atoms with Crippen molar-refractivity contribution in [1.29, 1.82) is 0 Å². The van der Waals surface area contributed by atoms with E-state index in [0.717, 1.165) is 50.9 Å². The SMILES string of the molecule is CC(CCCCCCC(=O)O)[C@H]1CCC2C3CCC4CC(O)CC[C@]4(C)C3CC(O)[C@@]21C. The topological polar surface area (TPSA) is 77.8 Å². The number of aliphatic carboxylic acids is 1. The molecule has 10 atom stereocenters. The molecule has 4 heteroatoms. The van der Waals surface area contributed by atoms with Crippen molar-refractivity contribution in [2.45, 2.75) is 123 Å². The van der Waals surface area contributed by atoms with Gasteiger partial charge in [0.25, 0.3) is 0 Å². The van der Waals surface area contributed by atoms with Gasteiger partial charge in [-0.05, 0) is 104 Å². The molecule has 184 valence electrons. The fourth-order valence-corrected chi connectivity index (χ4v) is 9.46. The van der Waals surface area contributed by atoms with E-state index in [4.69, 9.17) is 5.11 Å². The predicted molar refractivity (Wildman–Crippen MR) is 127 cm³/mol. The molecule has 0 aromatic heterocycles. The van der Waals surface area contributed by atoms with Crippen LogP contribution in [-0.2, 0) is 4.79 Å². The zero-order valence-corrected chi connectivity index (χ0v) is 20.8. The highest BCUT2D eigenvalue weighted by Crippen LogP contribution is 2.68. The normalized spacial score (nSPS) is 46.7. The second-order valence-electron chi connectivity index (χ2n) is 12.7. The minimum absolute atomic E-state index is 0.0568. The number of aliphatic hydroxyl groups is 2. The van der Waals surface area contributed by atoms with Crippen molar-refractivity contribution in [1.82, 2.24) is 0 Å². The lowest BCUT2D eigenvalue weighted by molar-refractivity contribution is -0.174. The Morgan fingerprint density at radius 2 is 1.69 bits per heavy atom. The number of carbonyl (C=O) groups is 1. The van der Waals surface area contributed by atoms with Crippen LogP contribution in [0.1, 0.15) is 111 Å². The van der Waals surface area contributed by atoms with Crippen molar-refractivity contribution < 1.29 is 20.1 Å². The van der Waals surface area contributed by atoms with Gasteiger partial charge in [-0.3, -0.25) is 4.79 Å². The van der Waals surface area contributed by atoms with Gasteiger partial charge in [0.05, 0.1) is 12.2 Å². The van der Waals surface area contributed by atoms with Gasteiger partial charge in [0.2, 0.25) is 0 Å². The Morgan fingerprint density at radius 3 is 2.44 bits per heavy atom. The Balaban J connectivity index is 1.39. The van der Waals surface area contributed by atoms with Crippen molar-refractivity contribution >= 4 is 5.97 Å². The van der Waals surface area contributed by atoms with Crippen LogP contribution in [0.15, 0.2) is 0 Å². The molecule has 4 aliphatic carbocycles. The Hall–Kier alpha value is -0.610. The molecule has 0 aromatic carbocycles. The number of aliphatic hydroxyl groups excluding tert-OH is 2. The first kappa shape index (κ1) is 24.5. The van der Waals surface area contributed by atoms with Crippen LogP contribution >= 0.6 is 0 Å². The number of hydrogen-bond acceptors (Lipinski definition) is 3. The van der Waals surface area contributed by atoms with Gasteiger partial charge < -0.3 is 15.3 Å². The van der Waals surface area contributed by atoms with Crippen molar-refractivity contribution in [3.63, 3.8) is 0 Å². The molecule has 3 N–H and O–H groups in total. The lowest BCUT2D eigenvalue weighted by Crippen LogP contribution is -2.58. The lowest BCUT2D eigenvalue weighted by Gasteiger charge is -2.62. The molecule has 4 rings (SSSR count). The molecular formula is C28H48O4. The first-order valence-electron chi connectivity index (χ1n) is 13.8. The molecule has 4 saturated carbocycles. The summed E-state index contributed by atoms with van der Waals surface area (Å²) in [6, 6.07) is 0. The summed E-state index contributed by atoms with van der Waals surface area (Å²) in [5.74, 6) is 3.25. The van der Waals surface area contributed by atoms with E-state index in [2.05, 4.69) is 20.8 Å². The van der Waals surface area contributed by atoms with E-state index in [-0.39, 0.29) is 17.6 Å². The zero-order valence-electron chi connectivity index (χ0n) is 20.8. The van der Waals surface area contributed by atoms with Gasteiger partial charge in [0, 0.05) is 6.42 Å². The molecule has 4 aliphatic rings. The molecule has 0 bridgehead atoms. The molecule has 0 saturated heterocycles. The summed E-state index contributed by atoms with van der Waals surface area (Å²) in [6.07, 6.45) is 14.5. The first-order chi connectivity index (χ1) is 15.2. The van der Waals surface area contributed by atoms with Gasteiger partial charge in [-0.15, -0.1) is 0 Å². The van der Waals surface area contributed by atoms with Crippen LogP contribution in [0.2, 0.25) is 0 Å². The van der Waals surface area contributed by atoms with Crippen molar-refractivity contribution in [3.05, 3.63) is 0 Å². The fraction of sp³-hybridized carbons (Fsp3) is 0.964. The Labute approximate surface area is 195 Å². The number of rotatable bonds is 8. The molecule has 0 heterocycles. The Morgan fingerprint density at radius 1 is 0.938 bits per heavy atom. The maximum absolute atomic E-state index is 11.6. The third-order valence-electron chi connectivity index (χ3n) is 11.3. The van der Waals surface area contributed by atoms with Crippen molar-refractivity contribution in [2.75, 3.05) is 0 Å². The van der Waals surface area contributed by atoms with Crippen LogP contribution in [0, 0.1) is 46.3 Å². The molecule has 7 unspecified atom stereocenters. The van der Waals surface area contributed by atoms with Crippen LogP contribution in [0.5, 0.6) is 0 Å². The zero-order chi connectivity index (χ0) is 23.1. The van der Waals surface area contributed by atoms with E-state index in [1.165, 1.54) is 38.5 Å². The van der Waals surface area contributed by atoms with Crippen LogP contribution in [0.4, 0.5) is 0 Å². The Bertz CT molecular complexity index is 664. The van der Waals surface area contributed by atoms with E-state index in [1.54, 1.807) is 0 Å². The number of carboxylic acids is 1. The fourth-order valence-electron chi connectivity index (χ4n) is 9.46. The van der Waals surface area contributed by atoms with E-state index < -0.39 is 5.97 Å². The predicted octanol–water partition coefficient (Wildman–Crippen LogP) is 6.04. The molecule has 4 nitrogen and oxygen atoms in total. The lowest BCUT2D eigenvalue weighted by atomic mass is 9.43. The van der Waals surface area contributed by atoms with Gasteiger partial charge in [0.1, 0.15) is 0 Å². The third-order valence-corrected chi connectivity index (χ3v) is 11.3. The van der Waals surface area contributed by atoms with Crippen molar-refractivity contribution in [3.8, 4) is 0 Å². The molecule has 0 spiro atoms. The summed E-state index contributed by atoms with van der Waals surface area (Å²) < 4.78 is 0. The van der Waals surface area contributed by atoms with Gasteiger partial charge >= 0.3 is 5.97 Å². The van der Waals surface area contributed by atoms with E-state index in [0.29, 0.717) is 41.4 Å². The first-order valence-corrected chi connectivity index (χ1v) is 13.8. The molecule has 0 amide bonds. The second-order valence-corrected chi connectivity index (χ2v) is 12.7. The Kier molecular flexibility index (Phi) is 7.33. The third kappa shape index (κ3) is 4.28. The number of unbranched alkanes of at least 4 members (excludes halogenated alkanes) is 3. The summed E-state index contributed by atoms with van der Waals surface area (Å²) in [7, 11) is 0. The highest BCUT2D eigenvalue weighted by atomic mass is 16.4. The highest BCUT2D eigenvalue weighted by Gasteiger charge is 2.63. The molecule has 0 aromatic rings. The van der Waals surface area contributed by atoms with Crippen LogP contribution < -0.4 is 0 Å². The standard InChI is InChI=1S/C28H48O4/c1-18(8-6-4-5-7-9-26(31)32)22-12-13-23-21-11-10-19-16-20(29)14-15-27(19,2)24(21)17-25(30)28(22,23)3/h18-25,29-30H,4-17H2,1-3H3,(H,31,32)/t18?,19?,20?,21?,22-,23?,24?,25?,27+,28-/m1/s1. The maximum atomic E-state index is 11.6. The van der Waals surface area contributed by atoms with Crippen molar-refractivity contribution in [2.24, 2.45) is 46.3 Å². The maximum Gasteiger partial charge on any atom is 0.303 e. The van der Waals surface area contributed by atoms with Gasteiger partial charge in [0.15, 0.2) is 0 Å². The van der Waals surface area contributed by atoms with Gasteiger partial charge in [-0.2, -0.15) is 0 Å². The van der Waals surface area contributed by atoms with E-state index in [9.17, 15) is 15.0 Å². The van der Waals surface area contributed by atoms with Crippen LogP contribution in [-0.4, -0.2) is 33.5 Å². The monoisotopic (exact) mass is 448 g/mol. The minimum Gasteiger partial charge on any atom is -0.481 e. The molecule has 32 heavy (non-hydrogen) atoms. The molecule has 0 aliphatic heterocycles. The smallest absolute Gasteiger partial charge is 0.303 e. The number of hydrogen-bond donors (Lipinski definition) is 3. The van der Waals surface area contributed by atoms with Crippen LogP contribution in [0.25, 0.3) is 0 Å². The quantitative estimate of drug-likeness (QED) is 0.396. The molecule has 4 fully saturated rings. The van der Waals surface area contributed by atoms with Gasteiger partial charge in [-0.25, -0.2) is 0 Å². The summed E-state index contributed by atoms with van der Waals surface area (Å²) in [5, 5.41) is 30.7. The van der Waals surface area contributed by atoms with E-state index >= 15 is 0 Å². The molecular weight excluding hydrogens is 400 g/mol. The second kappa shape index (κ2) is 9.56. The largest absolute Gasteiger partial charge is 0.481 e. The average Bonchev–Trinajstić information content (AvgIpc) is 3.10. The number of carboxylic acid groups (broad SMARTS) is 1. The van der Waals surface area contributed by atoms with E-state index in [1.807, 2.05) is 0 Å². The average molecular weight is 449 g/mol. The summed E-state index contributed by atoms with van der Waals surface area (Å²) in [5.41, 5.74) is 0.366. The number of fused-ring (bicyclic) bond motifs is 5. The highest BCUT2D eigenvalue weighted by molar-refractivity contribution is 5.66. The van der Waals surface area contributed by atoms with Crippen LogP contribution in [0.3, 0.4) is 0 Å². The van der Waals surface area contributed by atoms with Gasteiger partial charge in [-0.1, -0.05) is 46.5 Å². The summed E-state index contributed by atoms with van der Waals surface area (Å²) in [6.45, 7) is 7.34. The summed E-state index contributed by atoms with van der Waals surface area (Å²) in [4.78, 5) is 10.7. The summed E-state index contributed by atoms with van der Waals surface area (Å²) >= 11 is 0.